The van der Waals surface area contributed by atoms with Crippen molar-refractivity contribution in [2.45, 2.75) is 44.2 Å². The average Bonchev–Trinajstić information content (AvgIpc) is 3.11. The fraction of sp³-hybridized carbons (Fsp3) is 0.476. The normalized spacial score (nSPS) is 19.2. The van der Waals surface area contributed by atoms with E-state index in [-0.39, 0.29) is 12.6 Å². The first-order chi connectivity index (χ1) is 15.1. The average molecular weight is 455 g/mol. The van der Waals surface area contributed by atoms with Gasteiger partial charge in [-0.05, 0) is 37.4 Å². The van der Waals surface area contributed by atoms with E-state index in [4.69, 9.17) is 24.5 Å². The molecule has 0 amide bonds. The highest BCUT2D eigenvalue weighted by Gasteiger charge is 2.39. The van der Waals surface area contributed by atoms with Gasteiger partial charge in [0.15, 0.2) is 0 Å². The molecule has 32 heavy (non-hydrogen) atoms. The number of rotatable bonds is 2. The molecule has 2 aromatic rings. The lowest BCUT2D eigenvalue weighted by molar-refractivity contribution is -0.159. The second-order valence-corrected chi connectivity index (χ2v) is 7.73. The van der Waals surface area contributed by atoms with Crippen LogP contribution in [-0.4, -0.2) is 62.8 Å². The molecule has 0 saturated carbocycles. The van der Waals surface area contributed by atoms with Crippen molar-refractivity contribution < 1.29 is 37.7 Å². The van der Waals surface area contributed by atoms with E-state index in [1.54, 1.807) is 0 Å². The number of alkyl halides is 3. The highest BCUT2D eigenvalue weighted by molar-refractivity contribution is 6.27. The molecule has 0 spiro atoms. The Balaban J connectivity index is 0.000000427. The number of piperidine rings is 1. The Bertz CT molecular complexity index is 956. The Labute approximate surface area is 182 Å². The smallest absolute Gasteiger partial charge is 0.433 e. The topological polar surface area (TPSA) is 105 Å². The number of aliphatic carboxylic acids is 2. The van der Waals surface area contributed by atoms with E-state index in [0.29, 0.717) is 12.2 Å². The number of carboxylic acid groups (broad SMARTS) is 2. The molecule has 2 aliphatic heterocycles. The van der Waals surface area contributed by atoms with Gasteiger partial charge in [-0.3, -0.25) is 0 Å². The Morgan fingerprint density at radius 2 is 1.72 bits per heavy atom. The van der Waals surface area contributed by atoms with E-state index in [1.165, 1.54) is 4.57 Å². The third-order valence-electron chi connectivity index (χ3n) is 5.53. The summed E-state index contributed by atoms with van der Waals surface area (Å²) in [7, 11) is 2.07. The number of hydrogen-bond acceptors (Lipinski definition) is 5. The second-order valence-electron chi connectivity index (χ2n) is 7.73. The Kier molecular flexibility index (Phi) is 7.19. The van der Waals surface area contributed by atoms with Gasteiger partial charge in [-0.25, -0.2) is 14.6 Å². The van der Waals surface area contributed by atoms with E-state index < -0.39 is 29.9 Å². The van der Waals surface area contributed by atoms with Crippen LogP contribution in [0.5, 0.6) is 0 Å². The number of fused-ring (bicyclic) bond motifs is 2. The van der Waals surface area contributed by atoms with Crippen molar-refractivity contribution in [3.8, 4) is 0 Å². The van der Waals surface area contributed by atoms with Gasteiger partial charge in [0, 0.05) is 19.6 Å². The Morgan fingerprint density at radius 1 is 1.09 bits per heavy atom. The number of aryl methyl sites for hydroxylation is 1. The summed E-state index contributed by atoms with van der Waals surface area (Å²) in [4.78, 5) is 24.6. The Morgan fingerprint density at radius 3 is 2.31 bits per heavy atom. The van der Waals surface area contributed by atoms with Gasteiger partial charge >= 0.3 is 18.1 Å². The molecule has 1 fully saturated rings. The molecule has 11 heteroatoms. The maximum atomic E-state index is 13.4. The summed E-state index contributed by atoms with van der Waals surface area (Å²) in [5.74, 6) is -3.29. The molecule has 1 aromatic heterocycles. The number of nitrogens with zero attached hydrogens (tertiary/aromatic N) is 3. The lowest BCUT2D eigenvalue weighted by Gasteiger charge is -2.32. The van der Waals surface area contributed by atoms with Crippen LogP contribution in [0, 0.1) is 0 Å². The van der Waals surface area contributed by atoms with Crippen LogP contribution in [0.2, 0.25) is 0 Å². The van der Waals surface area contributed by atoms with Gasteiger partial charge in [0.1, 0.15) is 17.6 Å². The second kappa shape index (κ2) is 9.70. The molecule has 2 N–H and O–H groups in total. The first kappa shape index (κ1) is 23.7. The highest BCUT2D eigenvalue weighted by Crippen LogP contribution is 2.38. The van der Waals surface area contributed by atoms with E-state index >= 15 is 0 Å². The van der Waals surface area contributed by atoms with Crippen molar-refractivity contribution in [3.63, 3.8) is 0 Å². The minimum absolute atomic E-state index is 0.0295. The van der Waals surface area contributed by atoms with Crippen molar-refractivity contribution in [2.24, 2.45) is 0 Å². The number of imidazole rings is 1. The third-order valence-corrected chi connectivity index (χ3v) is 5.53. The zero-order valence-corrected chi connectivity index (χ0v) is 17.4. The van der Waals surface area contributed by atoms with Gasteiger partial charge in [-0.1, -0.05) is 24.3 Å². The summed E-state index contributed by atoms with van der Waals surface area (Å²) >= 11 is 0. The van der Waals surface area contributed by atoms with Crippen LogP contribution < -0.4 is 0 Å². The first-order valence-electron chi connectivity index (χ1n) is 10.1. The SMILES string of the molecule is CN1CCC(OC2c3ccccc3CCn3c(C(F)(F)F)cnc32)CC1.O=C(O)C(=O)O. The predicted molar refractivity (Wildman–Crippen MR) is 106 cm³/mol. The van der Waals surface area contributed by atoms with Crippen LogP contribution in [0.1, 0.15) is 41.6 Å². The number of carbonyl (C=O) groups is 2. The number of hydrogen-bond donors (Lipinski definition) is 2. The molecule has 2 aliphatic rings. The lowest BCUT2D eigenvalue weighted by Crippen LogP contribution is -2.35. The fourth-order valence-electron chi connectivity index (χ4n) is 3.90. The Hall–Kier alpha value is -2.92. The maximum Gasteiger partial charge on any atom is 0.433 e. The highest BCUT2D eigenvalue weighted by atomic mass is 19.4. The molecule has 4 rings (SSSR count). The van der Waals surface area contributed by atoms with E-state index in [1.807, 2.05) is 24.3 Å². The molecule has 8 nitrogen and oxygen atoms in total. The van der Waals surface area contributed by atoms with E-state index in [2.05, 4.69) is 16.9 Å². The van der Waals surface area contributed by atoms with Crippen molar-refractivity contribution in [1.82, 2.24) is 14.5 Å². The van der Waals surface area contributed by atoms with Gasteiger partial charge in [0.25, 0.3) is 0 Å². The van der Waals surface area contributed by atoms with Crippen molar-refractivity contribution in [1.29, 1.82) is 0 Å². The number of aromatic nitrogens is 2. The molecule has 0 aliphatic carbocycles. The van der Waals surface area contributed by atoms with Crippen LogP contribution >= 0.6 is 0 Å². The number of likely N-dealkylation sites (tertiary alicyclic amines) is 1. The van der Waals surface area contributed by atoms with Crippen molar-refractivity contribution in [2.75, 3.05) is 20.1 Å². The molecule has 1 saturated heterocycles. The predicted octanol–water partition coefficient (Wildman–Crippen LogP) is 2.81. The maximum absolute atomic E-state index is 13.4. The molecule has 1 atom stereocenters. The molecule has 1 unspecified atom stereocenters. The summed E-state index contributed by atoms with van der Waals surface area (Å²) in [5.41, 5.74) is 1.27. The lowest BCUT2D eigenvalue weighted by atomic mass is 10.00. The summed E-state index contributed by atoms with van der Waals surface area (Å²) in [6, 6.07) is 7.75. The van der Waals surface area contributed by atoms with Gasteiger partial charge in [0.05, 0.1) is 12.3 Å². The van der Waals surface area contributed by atoms with Crippen LogP contribution in [0.15, 0.2) is 30.5 Å². The molecular weight excluding hydrogens is 431 g/mol. The third kappa shape index (κ3) is 5.46. The summed E-state index contributed by atoms with van der Waals surface area (Å²) < 4.78 is 47.8. The minimum Gasteiger partial charge on any atom is -0.473 e. The molecular formula is C21H24F3N3O5. The summed E-state index contributed by atoms with van der Waals surface area (Å²) in [6.07, 6.45) is -1.71. The number of benzene rings is 1. The van der Waals surface area contributed by atoms with Gasteiger partial charge in [-0.15, -0.1) is 0 Å². The minimum atomic E-state index is -4.42. The van der Waals surface area contributed by atoms with Gasteiger partial charge < -0.3 is 24.4 Å². The number of carboxylic acids is 2. The standard InChI is InChI=1S/C19H22F3N3O.C2H2O4/c1-24-9-7-14(8-10-24)26-17-15-5-3-2-4-13(15)6-11-25-16(19(20,21)22)12-23-18(17)25;3-1(4)2(5)6/h2-5,12,14,17H,6-11H2,1H3;(H,3,4)(H,5,6). The molecule has 1 aromatic carbocycles. The number of ether oxygens (including phenoxy) is 1. The van der Waals surface area contributed by atoms with Crippen molar-refractivity contribution >= 4 is 11.9 Å². The first-order valence-corrected chi connectivity index (χ1v) is 10.1. The molecule has 0 radical (unpaired) electrons. The van der Waals surface area contributed by atoms with Gasteiger partial charge in [-0.2, -0.15) is 13.2 Å². The molecule has 3 heterocycles. The molecule has 0 bridgehead atoms. The van der Waals surface area contributed by atoms with Crippen LogP contribution in [0.3, 0.4) is 0 Å². The fourth-order valence-corrected chi connectivity index (χ4v) is 3.90. The van der Waals surface area contributed by atoms with Crippen molar-refractivity contribution in [3.05, 3.63) is 53.1 Å². The number of halogens is 3. The van der Waals surface area contributed by atoms with E-state index in [9.17, 15) is 13.2 Å². The largest absolute Gasteiger partial charge is 0.473 e. The van der Waals surface area contributed by atoms with Crippen LogP contribution in [0.4, 0.5) is 13.2 Å². The van der Waals surface area contributed by atoms with E-state index in [0.717, 1.165) is 43.3 Å². The van der Waals surface area contributed by atoms with Gasteiger partial charge in [0.2, 0.25) is 0 Å². The zero-order chi connectivity index (χ0) is 23.5. The van der Waals surface area contributed by atoms with Crippen LogP contribution in [0.25, 0.3) is 0 Å². The quantitative estimate of drug-likeness (QED) is 0.671. The molecule has 174 valence electrons. The summed E-state index contributed by atoms with van der Waals surface area (Å²) in [5, 5.41) is 14.8. The monoisotopic (exact) mass is 455 g/mol. The summed E-state index contributed by atoms with van der Waals surface area (Å²) in [6.45, 7) is 2.12. The zero-order valence-electron chi connectivity index (χ0n) is 17.4. The van der Waals surface area contributed by atoms with Crippen LogP contribution in [-0.2, 0) is 33.5 Å².